The van der Waals surface area contributed by atoms with Gasteiger partial charge in [0, 0.05) is 10.0 Å². The highest BCUT2D eigenvalue weighted by Crippen LogP contribution is 2.23. The van der Waals surface area contributed by atoms with Gasteiger partial charge in [-0.3, -0.25) is 0 Å². The van der Waals surface area contributed by atoms with Gasteiger partial charge in [-0.15, -0.1) is 0 Å². The summed E-state index contributed by atoms with van der Waals surface area (Å²) in [5, 5.41) is 3.68. The molecule has 0 radical (unpaired) electrons. The average Bonchev–Trinajstić information content (AvgIpc) is 2.62. The van der Waals surface area contributed by atoms with E-state index in [1.165, 1.54) is 6.21 Å². The van der Waals surface area contributed by atoms with Gasteiger partial charge in [0.2, 0.25) is 0 Å². The number of nitrogens with zero attached hydrogens (tertiary/aromatic N) is 1. The summed E-state index contributed by atoms with van der Waals surface area (Å²) in [5.74, 6) is 0.462. The Morgan fingerprint density at radius 2 is 1.96 bits per heavy atom. The number of ether oxygens (including phenoxy) is 2. The molecule has 7 nitrogen and oxygen atoms in total. The Labute approximate surface area is 159 Å². The van der Waals surface area contributed by atoms with Crippen LogP contribution in [0.25, 0.3) is 0 Å². The van der Waals surface area contributed by atoms with Gasteiger partial charge in [0.25, 0.3) is 0 Å². The lowest BCUT2D eigenvalue weighted by molar-refractivity contribution is 0.0734. The molecule has 0 aliphatic carbocycles. The molecule has 8 heteroatoms. The minimum atomic E-state index is -0.792. The molecule has 136 valence electrons. The Hall–Kier alpha value is -2.87. The normalized spacial score (nSPS) is 10.5. The molecule has 0 unspecified atom stereocenters. The molecule has 2 aromatic carbocycles. The molecule has 0 saturated carbocycles. The molecule has 0 fully saturated rings. The van der Waals surface area contributed by atoms with Crippen molar-refractivity contribution in [2.24, 2.45) is 10.8 Å². The van der Waals surface area contributed by atoms with Crippen molar-refractivity contribution in [2.45, 2.75) is 13.3 Å². The molecule has 0 bridgehead atoms. The second kappa shape index (κ2) is 9.57. The van der Waals surface area contributed by atoms with Crippen molar-refractivity contribution in [1.82, 2.24) is 5.43 Å². The summed E-state index contributed by atoms with van der Waals surface area (Å²) in [4.78, 5) is 23.0. The number of esters is 1. The maximum Gasteiger partial charge on any atom is 0.343 e. The van der Waals surface area contributed by atoms with Gasteiger partial charge in [0.05, 0.1) is 18.4 Å². The number of benzene rings is 2. The molecule has 2 rings (SSSR count). The number of nitrogens with two attached hydrogens (primary N) is 1. The summed E-state index contributed by atoms with van der Waals surface area (Å²) in [6.45, 7) is 2.63. The van der Waals surface area contributed by atoms with Crippen LogP contribution in [-0.4, -0.2) is 24.8 Å². The van der Waals surface area contributed by atoms with Crippen LogP contribution in [0.4, 0.5) is 4.79 Å². The van der Waals surface area contributed by atoms with Crippen molar-refractivity contribution in [2.75, 3.05) is 6.61 Å². The number of rotatable bonds is 7. The predicted molar refractivity (Wildman–Crippen MR) is 102 cm³/mol. The minimum absolute atomic E-state index is 0.291. The number of primary amides is 1. The Morgan fingerprint density at radius 3 is 2.62 bits per heavy atom. The lowest BCUT2D eigenvalue weighted by atomic mass is 10.2. The fourth-order valence-corrected chi connectivity index (χ4v) is 2.32. The highest BCUT2D eigenvalue weighted by atomic mass is 79.9. The zero-order valence-corrected chi connectivity index (χ0v) is 15.7. The van der Waals surface area contributed by atoms with Crippen molar-refractivity contribution in [3.05, 3.63) is 58.1 Å². The molecule has 26 heavy (non-hydrogen) atoms. The van der Waals surface area contributed by atoms with Crippen LogP contribution in [0.15, 0.2) is 52.0 Å². The number of hydrogen-bond donors (Lipinski definition) is 2. The summed E-state index contributed by atoms with van der Waals surface area (Å²) >= 11 is 3.33. The highest BCUT2D eigenvalue weighted by molar-refractivity contribution is 9.10. The van der Waals surface area contributed by atoms with E-state index in [2.05, 4.69) is 26.5 Å². The second-order valence-electron chi connectivity index (χ2n) is 5.18. The van der Waals surface area contributed by atoms with Gasteiger partial charge < -0.3 is 15.2 Å². The topological polar surface area (TPSA) is 103 Å². The number of halogens is 1. The average molecular weight is 420 g/mol. The number of urea groups is 1. The van der Waals surface area contributed by atoms with Gasteiger partial charge in [0.15, 0.2) is 0 Å². The van der Waals surface area contributed by atoms with Gasteiger partial charge >= 0.3 is 12.0 Å². The first-order valence-electron chi connectivity index (χ1n) is 7.82. The maximum atomic E-state index is 12.3. The highest BCUT2D eigenvalue weighted by Gasteiger charge is 2.12. The SMILES string of the molecule is CCCOc1ccc(C(=O)Oc2ccc(Br)cc2/C=N/NC(N)=O)cc1. The van der Waals surface area contributed by atoms with Gasteiger partial charge in [-0.1, -0.05) is 22.9 Å². The van der Waals surface area contributed by atoms with Crippen molar-refractivity contribution in [1.29, 1.82) is 0 Å². The van der Waals surface area contributed by atoms with Crippen molar-refractivity contribution >= 4 is 34.1 Å². The summed E-state index contributed by atoms with van der Waals surface area (Å²) in [7, 11) is 0. The molecule has 0 aromatic heterocycles. The predicted octanol–water partition coefficient (Wildman–Crippen LogP) is 3.46. The summed E-state index contributed by atoms with van der Waals surface area (Å²) in [5.41, 5.74) is 7.92. The molecule has 3 N–H and O–H groups in total. The lowest BCUT2D eigenvalue weighted by Crippen LogP contribution is -2.24. The van der Waals surface area contributed by atoms with Crippen LogP contribution in [0.2, 0.25) is 0 Å². The zero-order valence-electron chi connectivity index (χ0n) is 14.1. The fraction of sp³-hybridized carbons (Fsp3) is 0.167. The van der Waals surface area contributed by atoms with Gasteiger partial charge in [0.1, 0.15) is 11.5 Å². The van der Waals surface area contributed by atoms with Crippen LogP contribution in [-0.2, 0) is 0 Å². The third-order valence-corrected chi connectivity index (χ3v) is 3.61. The molecule has 0 spiro atoms. The number of hydrazone groups is 1. The van der Waals surface area contributed by atoms with Gasteiger partial charge in [-0.2, -0.15) is 5.10 Å². The largest absolute Gasteiger partial charge is 0.494 e. The maximum absolute atomic E-state index is 12.3. The standard InChI is InChI=1S/C18H18BrN3O4/c1-2-9-25-15-6-3-12(4-7-15)17(23)26-16-8-5-14(19)10-13(16)11-21-22-18(20)24/h3-8,10-11H,2,9H2,1H3,(H3,20,22,24)/b21-11+. The summed E-state index contributed by atoms with van der Waals surface area (Å²) < 4.78 is 11.7. The van der Waals surface area contributed by atoms with Crippen LogP contribution < -0.4 is 20.6 Å². The Balaban J connectivity index is 2.12. The van der Waals surface area contributed by atoms with Crippen molar-refractivity contribution in [3.63, 3.8) is 0 Å². The van der Waals surface area contributed by atoms with E-state index in [0.29, 0.717) is 29.2 Å². The molecular formula is C18H18BrN3O4. The van der Waals surface area contributed by atoms with E-state index in [1.54, 1.807) is 42.5 Å². The third-order valence-electron chi connectivity index (χ3n) is 3.12. The van der Waals surface area contributed by atoms with Crippen LogP contribution >= 0.6 is 15.9 Å². The Bertz CT molecular complexity index is 807. The fourth-order valence-electron chi connectivity index (χ4n) is 1.94. The van der Waals surface area contributed by atoms with E-state index >= 15 is 0 Å². The first-order valence-corrected chi connectivity index (χ1v) is 8.62. The first-order chi connectivity index (χ1) is 12.5. The first kappa shape index (κ1) is 19.5. The second-order valence-corrected chi connectivity index (χ2v) is 6.09. The van der Waals surface area contributed by atoms with Crippen LogP contribution in [0.3, 0.4) is 0 Å². The minimum Gasteiger partial charge on any atom is -0.494 e. The molecule has 0 aliphatic rings. The van der Waals surface area contributed by atoms with Crippen LogP contribution in [0, 0.1) is 0 Å². The molecular weight excluding hydrogens is 402 g/mol. The number of amides is 2. The number of carbonyl (C=O) groups excluding carboxylic acids is 2. The quantitative estimate of drug-likeness (QED) is 0.310. The smallest absolute Gasteiger partial charge is 0.343 e. The number of hydrogen-bond acceptors (Lipinski definition) is 5. The van der Waals surface area contributed by atoms with E-state index in [1.807, 2.05) is 6.92 Å². The number of nitrogens with one attached hydrogen (secondary N) is 1. The van der Waals surface area contributed by atoms with Crippen molar-refractivity contribution in [3.8, 4) is 11.5 Å². The van der Waals surface area contributed by atoms with E-state index in [0.717, 1.165) is 10.9 Å². The molecule has 2 amide bonds. The summed E-state index contributed by atoms with van der Waals surface area (Å²) in [6, 6.07) is 10.9. The van der Waals surface area contributed by atoms with E-state index in [-0.39, 0.29) is 0 Å². The zero-order chi connectivity index (χ0) is 18.9. The van der Waals surface area contributed by atoms with E-state index in [9.17, 15) is 9.59 Å². The molecule has 2 aromatic rings. The molecule has 0 saturated heterocycles. The van der Waals surface area contributed by atoms with E-state index in [4.69, 9.17) is 15.2 Å². The van der Waals surface area contributed by atoms with Crippen molar-refractivity contribution < 1.29 is 19.1 Å². The molecule has 0 aliphatic heterocycles. The molecule has 0 heterocycles. The van der Waals surface area contributed by atoms with Gasteiger partial charge in [-0.05, 0) is 48.9 Å². The monoisotopic (exact) mass is 419 g/mol. The molecule has 0 atom stereocenters. The van der Waals surface area contributed by atoms with Crippen LogP contribution in [0.5, 0.6) is 11.5 Å². The summed E-state index contributed by atoms with van der Waals surface area (Å²) in [6.07, 6.45) is 2.24. The Kier molecular flexibility index (Phi) is 7.16. The van der Waals surface area contributed by atoms with E-state index < -0.39 is 12.0 Å². The number of carbonyl (C=O) groups is 2. The third kappa shape index (κ3) is 5.89. The lowest BCUT2D eigenvalue weighted by Gasteiger charge is -2.09. The van der Waals surface area contributed by atoms with Gasteiger partial charge in [-0.25, -0.2) is 15.0 Å². The Morgan fingerprint density at radius 1 is 1.23 bits per heavy atom. The van der Waals surface area contributed by atoms with Crippen LogP contribution in [0.1, 0.15) is 29.3 Å².